The van der Waals surface area contributed by atoms with Crippen molar-refractivity contribution >= 4 is 5.91 Å². The van der Waals surface area contributed by atoms with Gasteiger partial charge in [0.15, 0.2) is 0 Å². The molecule has 1 unspecified atom stereocenters. The van der Waals surface area contributed by atoms with Crippen LogP contribution in [0.2, 0.25) is 0 Å². The third-order valence-corrected chi connectivity index (χ3v) is 3.44. The molecule has 0 spiro atoms. The quantitative estimate of drug-likeness (QED) is 0.919. The van der Waals surface area contributed by atoms with Crippen molar-refractivity contribution in [2.75, 3.05) is 7.05 Å². The SMILES string of the molecule is CC(c1ccc(O)cc1)N(C)C(=O)c1cccn1C. The molecule has 1 heterocycles. The summed E-state index contributed by atoms with van der Waals surface area (Å²) in [6, 6.07) is 10.5. The van der Waals surface area contributed by atoms with Crippen LogP contribution in [-0.2, 0) is 7.05 Å². The number of hydrogen-bond acceptors (Lipinski definition) is 2. The Labute approximate surface area is 112 Å². The van der Waals surface area contributed by atoms with Crippen LogP contribution in [0.15, 0.2) is 42.6 Å². The molecule has 0 fully saturated rings. The number of phenolic OH excluding ortho intramolecular Hbond substituents is 1. The molecule has 1 amide bonds. The first-order chi connectivity index (χ1) is 9.00. The largest absolute Gasteiger partial charge is 0.508 e. The van der Waals surface area contributed by atoms with Crippen molar-refractivity contribution in [3.05, 3.63) is 53.9 Å². The van der Waals surface area contributed by atoms with Gasteiger partial charge in [-0.3, -0.25) is 4.79 Å². The molecule has 4 heteroatoms. The molecule has 1 aromatic heterocycles. The summed E-state index contributed by atoms with van der Waals surface area (Å²) >= 11 is 0. The molecule has 0 saturated carbocycles. The van der Waals surface area contributed by atoms with Crippen LogP contribution in [0.4, 0.5) is 0 Å². The van der Waals surface area contributed by atoms with E-state index in [0.717, 1.165) is 5.56 Å². The van der Waals surface area contributed by atoms with Crippen LogP contribution in [0.5, 0.6) is 5.75 Å². The number of rotatable bonds is 3. The van der Waals surface area contributed by atoms with Crippen molar-refractivity contribution in [1.82, 2.24) is 9.47 Å². The second kappa shape index (κ2) is 5.18. The van der Waals surface area contributed by atoms with Crippen LogP contribution in [0.1, 0.15) is 29.0 Å². The Balaban J connectivity index is 2.19. The van der Waals surface area contributed by atoms with E-state index < -0.39 is 0 Å². The molecule has 0 aliphatic carbocycles. The first-order valence-corrected chi connectivity index (χ1v) is 6.18. The van der Waals surface area contributed by atoms with Crippen LogP contribution >= 0.6 is 0 Å². The lowest BCUT2D eigenvalue weighted by molar-refractivity contribution is 0.0733. The van der Waals surface area contributed by atoms with Gasteiger partial charge in [-0.2, -0.15) is 0 Å². The number of phenols is 1. The minimum absolute atomic E-state index is 0.0203. The van der Waals surface area contributed by atoms with Crippen molar-refractivity contribution in [3.8, 4) is 5.75 Å². The minimum atomic E-state index is -0.0528. The Kier molecular flexibility index (Phi) is 3.60. The molecule has 0 saturated heterocycles. The molecule has 1 atom stereocenters. The van der Waals surface area contributed by atoms with E-state index in [9.17, 15) is 9.90 Å². The first kappa shape index (κ1) is 13.2. The van der Waals surface area contributed by atoms with Gasteiger partial charge >= 0.3 is 0 Å². The van der Waals surface area contributed by atoms with Gasteiger partial charge < -0.3 is 14.6 Å². The topological polar surface area (TPSA) is 45.5 Å². The van der Waals surface area contributed by atoms with Crippen molar-refractivity contribution in [1.29, 1.82) is 0 Å². The highest BCUT2D eigenvalue weighted by Crippen LogP contribution is 2.22. The maximum atomic E-state index is 12.4. The highest BCUT2D eigenvalue weighted by molar-refractivity contribution is 5.92. The lowest BCUT2D eigenvalue weighted by Crippen LogP contribution is -2.30. The number of benzene rings is 1. The van der Waals surface area contributed by atoms with Gasteiger partial charge in [-0.15, -0.1) is 0 Å². The molecule has 2 rings (SSSR count). The predicted molar refractivity (Wildman–Crippen MR) is 74.0 cm³/mol. The van der Waals surface area contributed by atoms with Gasteiger partial charge in [-0.25, -0.2) is 0 Å². The maximum absolute atomic E-state index is 12.4. The van der Waals surface area contributed by atoms with E-state index in [-0.39, 0.29) is 17.7 Å². The molecule has 0 aliphatic rings. The van der Waals surface area contributed by atoms with E-state index in [2.05, 4.69) is 0 Å². The van der Waals surface area contributed by atoms with E-state index in [1.807, 2.05) is 49.0 Å². The summed E-state index contributed by atoms with van der Waals surface area (Å²) in [5, 5.41) is 9.29. The van der Waals surface area contributed by atoms with Crippen LogP contribution in [0, 0.1) is 0 Å². The number of aromatic hydroxyl groups is 1. The molecule has 1 aromatic carbocycles. The molecule has 0 radical (unpaired) electrons. The second-order valence-electron chi connectivity index (χ2n) is 4.69. The lowest BCUT2D eigenvalue weighted by Gasteiger charge is -2.25. The third kappa shape index (κ3) is 2.62. The van der Waals surface area contributed by atoms with Crippen LogP contribution in [-0.4, -0.2) is 27.5 Å². The molecular formula is C15H18N2O2. The molecule has 0 aliphatic heterocycles. The Bertz CT molecular complexity index is 572. The van der Waals surface area contributed by atoms with E-state index in [4.69, 9.17) is 0 Å². The fourth-order valence-corrected chi connectivity index (χ4v) is 2.02. The van der Waals surface area contributed by atoms with Gasteiger partial charge in [-0.1, -0.05) is 12.1 Å². The van der Waals surface area contributed by atoms with Crippen molar-refractivity contribution in [2.45, 2.75) is 13.0 Å². The van der Waals surface area contributed by atoms with Gasteiger partial charge in [0.1, 0.15) is 11.4 Å². The molecule has 4 nitrogen and oxygen atoms in total. The highest BCUT2D eigenvalue weighted by Gasteiger charge is 2.20. The van der Waals surface area contributed by atoms with Crippen LogP contribution in [0.25, 0.3) is 0 Å². The molecule has 100 valence electrons. The normalized spacial score (nSPS) is 12.2. The Hall–Kier alpha value is -2.23. The molecule has 0 bridgehead atoms. The van der Waals surface area contributed by atoms with Gasteiger partial charge in [0.05, 0.1) is 6.04 Å². The van der Waals surface area contributed by atoms with Gasteiger partial charge in [0, 0.05) is 20.3 Å². The van der Waals surface area contributed by atoms with Gasteiger partial charge in [-0.05, 0) is 36.8 Å². The summed E-state index contributed by atoms with van der Waals surface area (Å²) in [6.07, 6.45) is 1.85. The fraction of sp³-hybridized carbons (Fsp3) is 0.267. The smallest absolute Gasteiger partial charge is 0.270 e. The standard InChI is InChI=1S/C15H18N2O2/c1-11(12-6-8-13(18)9-7-12)17(3)15(19)14-5-4-10-16(14)2/h4-11,18H,1-3H3. The average Bonchev–Trinajstić information content (AvgIpc) is 2.83. The summed E-state index contributed by atoms with van der Waals surface area (Å²) in [7, 11) is 3.64. The maximum Gasteiger partial charge on any atom is 0.270 e. The zero-order chi connectivity index (χ0) is 14.0. The van der Waals surface area contributed by atoms with Gasteiger partial charge in [0.25, 0.3) is 5.91 Å². The highest BCUT2D eigenvalue weighted by atomic mass is 16.3. The van der Waals surface area contributed by atoms with E-state index >= 15 is 0 Å². The number of amides is 1. The summed E-state index contributed by atoms with van der Waals surface area (Å²) in [5.41, 5.74) is 1.65. The monoisotopic (exact) mass is 258 g/mol. The predicted octanol–water partition coefficient (Wildman–Crippen LogP) is 2.56. The van der Waals surface area contributed by atoms with Crippen LogP contribution in [0.3, 0.4) is 0 Å². The Morgan fingerprint density at radius 3 is 2.42 bits per heavy atom. The fourth-order valence-electron chi connectivity index (χ4n) is 2.02. The summed E-state index contributed by atoms with van der Waals surface area (Å²) in [6.45, 7) is 1.97. The molecule has 19 heavy (non-hydrogen) atoms. The number of nitrogens with zero attached hydrogens (tertiary/aromatic N) is 2. The lowest BCUT2D eigenvalue weighted by atomic mass is 10.1. The van der Waals surface area contributed by atoms with Crippen molar-refractivity contribution in [2.24, 2.45) is 7.05 Å². The third-order valence-electron chi connectivity index (χ3n) is 3.44. The zero-order valence-electron chi connectivity index (χ0n) is 11.4. The van der Waals surface area contributed by atoms with E-state index in [1.54, 1.807) is 24.1 Å². The van der Waals surface area contributed by atoms with Gasteiger partial charge in [0.2, 0.25) is 0 Å². The second-order valence-corrected chi connectivity index (χ2v) is 4.69. The van der Waals surface area contributed by atoms with Crippen molar-refractivity contribution < 1.29 is 9.90 Å². The average molecular weight is 258 g/mol. The Morgan fingerprint density at radius 1 is 1.26 bits per heavy atom. The number of carbonyl (C=O) groups is 1. The summed E-state index contributed by atoms with van der Waals surface area (Å²) in [5.74, 6) is 0.209. The summed E-state index contributed by atoms with van der Waals surface area (Å²) in [4.78, 5) is 14.1. The van der Waals surface area contributed by atoms with E-state index in [0.29, 0.717) is 5.69 Å². The zero-order valence-corrected chi connectivity index (χ0v) is 11.4. The number of carbonyl (C=O) groups excluding carboxylic acids is 1. The molecule has 2 aromatic rings. The number of hydrogen-bond donors (Lipinski definition) is 1. The van der Waals surface area contributed by atoms with Crippen LogP contribution < -0.4 is 0 Å². The number of aromatic nitrogens is 1. The van der Waals surface area contributed by atoms with E-state index in [1.165, 1.54) is 0 Å². The number of aryl methyl sites for hydroxylation is 1. The molecular weight excluding hydrogens is 240 g/mol. The Morgan fingerprint density at radius 2 is 1.89 bits per heavy atom. The first-order valence-electron chi connectivity index (χ1n) is 6.18. The molecule has 1 N–H and O–H groups in total. The minimum Gasteiger partial charge on any atom is -0.508 e. The van der Waals surface area contributed by atoms with Crippen molar-refractivity contribution in [3.63, 3.8) is 0 Å². The summed E-state index contributed by atoms with van der Waals surface area (Å²) < 4.78 is 1.81.